The van der Waals surface area contributed by atoms with Crippen molar-refractivity contribution in [2.75, 3.05) is 7.11 Å². The molecule has 0 spiro atoms. The molecule has 0 unspecified atom stereocenters. The number of hydrogen-bond donors (Lipinski definition) is 1. The van der Waals surface area contributed by atoms with E-state index >= 15 is 0 Å². The second-order valence-electron chi connectivity index (χ2n) is 12.9. The fraction of sp³-hybridized carbons (Fsp3) is 0.463. The van der Waals surface area contributed by atoms with Crippen LogP contribution in [0.2, 0.25) is 0 Å². The SMILES string of the molecule is COC(C)(C)C/C=C/C(C)=C/C=C/C(C)=C/C=C/C(C)=C/C=C/C=C(C)/C=C/C=C(\C)CC/C=C(\C)CCCC(C)(C)O. The van der Waals surface area contributed by atoms with E-state index in [1.807, 2.05) is 13.8 Å². The van der Waals surface area contributed by atoms with Gasteiger partial charge in [0.2, 0.25) is 0 Å². The molecule has 0 atom stereocenters. The Morgan fingerprint density at radius 3 is 1.56 bits per heavy atom. The Hall–Kier alpha value is -2.94. The highest BCUT2D eigenvalue weighted by Crippen LogP contribution is 2.17. The molecule has 0 aliphatic heterocycles. The second-order valence-corrected chi connectivity index (χ2v) is 12.9. The lowest BCUT2D eigenvalue weighted by Gasteiger charge is -2.20. The van der Waals surface area contributed by atoms with Crippen molar-refractivity contribution in [3.63, 3.8) is 0 Å². The monoisotopic (exact) mass is 586 g/mol. The van der Waals surface area contributed by atoms with E-state index in [1.54, 1.807) is 7.11 Å². The van der Waals surface area contributed by atoms with Gasteiger partial charge >= 0.3 is 0 Å². The van der Waals surface area contributed by atoms with E-state index in [0.29, 0.717) is 0 Å². The van der Waals surface area contributed by atoms with Crippen LogP contribution in [-0.2, 0) is 4.74 Å². The Labute approximate surface area is 266 Å². The topological polar surface area (TPSA) is 29.5 Å². The largest absolute Gasteiger partial charge is 0.390 e. The van der Waals surface area contributed by atoms with Crippen LogP contribution in [0.25, 0.3) is 0 Å². The summed E-state index contributed by atoms with van der Waals surface area (Å²) in [5.74, 6) is 0. The maximum Gasteiger partial charge on any atom is 0.0657 e. The van der Waals surface area contributed by atoms with Gasteiger partial charge in [-0.2, -0.15) is 0 Å². The number of methoxy groups -OCH3 is 1. The molecular weight excluding hydrogens is 524 g/mol. The van der Waals surface area contributed by atoms with E-state index in [9.17, 15) is 5.11 Å². The fourth-order valence-electron chi connectivity index (χ4n) is 3.85. The van der Waals surface area contributed by atoms with Crippen molar-refractivity contribution < 1.29 is 9.84 Å². The van der Waals surface area contributed by atoms with E-state index in [0.717, 1.165) is 38.5 Å². The molecule has 0 aromatic carbocycles. The highest BCUT2D eigenvalue weighted by Gasteiger charge is 2.13. The summed E-state index contributed by atoms with van der Waals surface area (Å²) in [5, 5.41) is 9.84. The fourth-order valence-corrected chi connectivity index (χ4v) is 3.85. The first kappa shape index (κ1) is 40.1. The summed E-state index contributed by atoms with van der Waals surface area (Å²) in [5.41, 5.74) is 6.95. The van der Waals surface area contributed by atoms with Gasteiger partial charge in [0, 0.05) is 7.11 Å². The maximum atomic E-state index is 9.84. The molecule has 0 saturated carbocycles. The van der Waals surface area contributed by atoms with Crippen LogP contribution in [0, 0.1) is 0 Å². The molecule has 0 radical (unpaired) electrons. The van der Waals surface area contributed by atoms with Gasteiger partial charge in [0.05, 0.1) is 11.2 Å². The van der Waals surface area contributed by atoms with Crippen LogP contribution < -0.4 is 0 Å². The van der Waals surface area contributed by atoms with Crippen LogP contribution in [0.5, 0.6) is 0 Å². The number of rotatable bonds is 19. The standard InChI is InChI=1S/C41H62O2/c1-34(22-14-24-36(3)26-16-28-38(5)30-18-32-40(7,8)42)20-12-13-21-35(2)23-15-25-37(4)27-17-29-39(6)31-19-33-41(9,10)43-11/h12-15,17,19-25,27-29,31,42H,16,18,26,30,32-33H2,1-11H3/b13-12+,22-14+,23-15+,27-17+,31-19+,34-20+,35-21+,36-24+,37-25+,38-28+,39-29+. The summed E-state index contributed by atoms with van der Waals surface area (Å²) in [6, 6.07) is 0. The van der Waals surface area contributed by atoms with Gasteiger partial charge in [-0.25, -0.2) is 0 Å². The summed E-state index contributed by atoms with van der Waals surface area (Å²) in [6.07, 6.45) is 40.2. The predicted molar refractivity (Wildman–Crippen MR) is 193 cm³/mol. The number of hydrogen-bond acceptors (Lipinski definition) is 2. The van der Waals surface area contributed by atoms with Gasteiger partial charge < -0.3 is 9.84 Å². The third-order valence-corrected chi connectivity index (χ3v) is 6.94. The third kappa shape index (κ3) is 26.4. The van der Waals surface area contributed by atoms with E-state index < -0.39 is 5.60 Å². The van der Waals surface area contributed by atoms with Gasteiger partial charge in [-0.15, -0.1) is 0 Å². The van der Waals surface area contributed by atoms with Gasteiger partial charge in [-0.3, -0.25) is 0 Å². The van der Waals surface area contributed by atoms with Gasteiger partial charge in [0.25, 0.3) is 0 Å². The molecule has 0 rings (SSSR count). The Morgan fingerprint density at radius 2 is 1.07 bits per heavy atom. The van der Waals surface area contributed by atoms with E-state index in [1.165, 1.54) is 33.4 Å². The second kappa shape index (κ2) is 22.6. The van der Waals surface area contributed by atoms with Crippen LogP contribution in [0.4, 0.5) is 0 Å². The molecule has 0 saturated heterocycles. The molecule has 0 aliphatic carbocycles. The molecule has 43 heavy (non-hydrogen) atoms. The predicted octanol–water partition coefficient (Wildman–Crippen LogP) is 12.0. The third-order valence-electron chi connectivity index (χ3n) is 6.94. The highest BCUT2D eigenvalue weighted by molar-refractivity contribution is 5.32. The number of allylic oxidation sites excluding steroid dienone is 21. The van der Waals surface area contributed by atoms with Gasteiger partial charge in [0.1, 0.15) is 0 Å². The Bertz CT molecular complexity index is 1140. The molecule has 0 bridgehead atoms. The van der Waals surface area contributed by atoms with Gasteiger partial charge in [-0.1, -0.05) is 131 Å². The lowest BCUT2D eigenvalue weighted by molar-refractivity contribution is 0.0255. The van der Waals surface area contributed by atoms with Gasteiger partial charge in [0.15, 0.2) is 0 Å². The lowest BCUT2D eigenvalue weighted by Crippen LogP contribution is -2.20. The smallest absolute Gasteiger partial charge is 0.0657 e. The zero-order valence-corrected chi connectivity index (χ0v) is 29.3. The van der Waals surface area contributed by atoms with Crippen LogP contribution in [-0.4, -0.2) is 23.4 Å². The number of ether oxygens (including phenoxy) is 1. The molecule has 0 aliphatic rings. The molecule has 0 aromatic rings. The van der Waals surface area contributed by atoms with E-state index in [-0.39, 0.29) is 5.60 Å². The summed E-state index contributed by atoms with van der Waals surface area (Å²) >= 11 is 0. The Balaban J connectivity index is 4.64. The quantitative estimate of drug-likeness (QED) is 0.120. The molecule has 0 fully saturated rings. The van der Waals surface area contributed by atoms with Crippen molar-refractivity contribution in [2.45, 2.75) is 119 Å². The van der Waals surface area contributed by atoms with Crippen LogP contribution in [0.1, 0.15) is 108 Å². The molecular formula is C41H62O2. The Morgan fingerprint density at radius 1 is 0.605 bits per heavy atom. The average molecular weight is 587 g/mol. The first-order chi connectivity index (χ1) is 20.1. The van der Waals surface area contributed by atoms with Crippen molar-refractivity contribution >= 4 is 0 Å². The van der Waals surface area contributed by atoms with Crippen LogP contribution >= 0.6 is 0 Å². The zero-order valence-electron chi connectivity index (χ0n) is 29.3. The molecule has 0 aromatic heterocycles. The van der Waals surface area contributed by atoms with Crippen molar-refractivity contribution in [1.29, 1.82) is 0 Å². The average Bonchev–Trinajstić information content (AvgIpc) is 2.90. The minimum absolute atomic E-state index is 0.122. The first-order valence-electron chi connectivity index (χ1n) is 15.8. The normalized spacial score (nSPS) is 16.0. The van der Waals surface area contributed by atoms with Crippen molar-refractivity contribution in [3.8, 4) is 0 Å². The van der Waals surface area contributed by atoms with Crippen molar-refractivity contribution in [1.82, 2.24) is 0 Å². The molecule has 0 amide bonds. The molecule has 2 heteroatoms. The highest BCUT2D eigenvalue weighted by atomic mass is 16.5. The van der Waals surface area contributed by atoms with Crippen molar-refractivity contribution in [2.24, 2.45) is 0 Å². The number of aliphatic hydroxyl groups is 1. The zero-order chi connectivity index (χ0) is 32.7. The molecule has 0 heterocycles. The summed E-state index contributed by atoms with van der Waals surface area (Å²) < 4.78 is 5.45. The summed E-state index contributed by atoms with van der Waals surface area (Å²) in [7, 11) is 1.75. The minimum Gasteiger partial charge on any atom is -0.390 e. The molecule has 1 N–H and O–H groups in total. The lowest BCUT2D eigenvalue weighted by atomic mass is 9.99. The van der Waals surface area contributed by atoms with Crippen LogP contribution in [0.3, 0.4) is 0 Å². The maximum absolute atomic E-state index is 9.84. The van der Waals surface area contributed by atoms with Gasteiger partial charge in [-0.05, 0) is 108 Å². The first-order valence-corrected chi connectivity index (χ1v) is 15.8. The summed E-state index contributed by atoms with van der Waals surface area (Å²) in [4.78, 5) is 0. The molecule has 238 valence electrons. The Kier molecular flexibility index (Phi) is 21.0. The van der Waals surface area contributed by atoms with Crippen molar-refractivity contribution in [3.05, 3.63) is 131 Å². The summed E-state index contributed by atoms with van der Waals surface area (Å²) in [6.45, 7) is 20.8. The molecule has 2 nitrogen and oxygen atoms in total. The van der Waals surface area contributed by atoms with E-state index in [2.05, 4.69) is 153 Å². The van der Waals surface area contributed by atoms with E-state index in [4.69, 9.17) is 4.74 Å². The minimum atomic E-state index is -0.560. The van der Waals surface area contributed by atoms with Crippen LogP contribution in [0.15, 0.2) is 131 Å².